The maximum atomic E-state index is 10.9. The molecule has 0 bridgehead atoms. The Morgan fingerprint density at radius 3 is 2.80 bits per heavy atom. The van der Waals surface area contributed by atoms with Crippen LogP contribution in [0.2, 0.25) is 0 Å². The maximum absolute atomic E-state index is 10.9. The number of pyridine rings is 1. The second-order valence-corrected chi connectivity index (χ2v) is 4.53. The Balaban J connectivity index is 2.28. The molecule has 0 aliphatic heterocycles. The Bertz CT molecular complexity index is 802. The van der Waals surface area contributed by atoms with Crippen LogP contribution in [0.3, 0.4) is 0 Å². The van der Waals surface area contributed by atoms with Gasteiger partial charge in [0.2, 0.25) is 0 Å². The van der Waals surface area contributed by atoms with E-state index in [-0.39, 0.29) is 6.54 Å². The Morgan fingerprint density at radius 2 is 2.15 bits per heavy atom. The Morgan fingerprint density at radius 1 is 1.35 bits per heavy atom. The van der Waals surface area contributed by atoms with Crippen LogP contribution in [-0.2, 0) is 18.4 Å². The fourth-order valence-electron chi connectivity index (χ4n) is 2.37. The van der Waals surface area contributed by atoms with Gasteiger partial charge in [-0.3, -0.25) is 9.48 Å². The largest absolute Gasteiger partial charge is 0.480 e. The zero-order chi connectivity index (χ0) is 14.3. The van der Waals surface area contributed by atoms with Crippen molar-refractivity contribution in [1.29, 1.82) is 0 Å². The molecule has 0 aliphatic rings. The van der Waals surface area contributed by atoms with Crippen LogP contribution in [0.5, 0.6) is 0 Å². The van der Waals surface area contributed by atoms with E-state index in [2.05, 4.69) is 15.2 Å². The molecule has 3 aromatic rings. The molecule has 0 saturated carbocycles. The molecule has 0 saturated heterocycles. The molecule has 0 spiro atoms. The van der Waals surface area contributed by atoms with Gasteiger partial charge in [-0.15, -0.1) is 0 Å². The summed E-state index contributed by atoms with van der Waals surface area (Å²) in [4.78, 5) is 15.1. The summed E-state index contributed by atoms with van der Waals surface area (Å²) in [7, 11) is 1.86. The van der Waals surface area contributed by atoms with Crippen LogP contribution in [0.25, 0.3) is 22.3 Å². The van der Waals surface area contributed by atoms with Crippen molar-refractivity contribution in [3.05, 3.63) is 30.2 Å². The number of rotatable bonds is 3. The molecule has 1 N–H and O–H groups in total. The smallest absolute Gasteiger partial charge is 0.325 e. The van der Waals surface area contributed by atoms with Gasteiger partial charge in [-0.1, -0.05) is 0 Å². The standard InChI is InChI=1S/C13H13N5O2/c1-8-12-9(10-4-6-15-17(10)2)3-5-14-13(12)18(16-8)7-11(19)20/h3-6H,7H2,1-2H3,(H,19,20). The van der Waals surface area contributed by atoms with E-state index >= 15 is 0 Å². The molecule has 7 heteroatoms. The SMILES string of the molecule is Cc1nn(CC(=O)O)c2nccc(-c3ccnn3C)c12. The summed E-state index contributed by atoms with van der Waals surface area (Å²) in [5.41, 5.74) is 3.22. The third-order valence-electron chi connectivity index (χ3n) is 3.19. The molecular formula is C13H13N5O2. The van der Waals surface area contributed by atoms with E-state index in [1.807, 2.05) is 26.1 Å². The first-order valence-electron chi connectivity index (χ1n) is 6.10. The molecule has 102 valence electrons. The Labute approximate surface area is 114 Å². The van der Waals surface area contributed by atoms with E-state index in [4.69, 9.17) is 5.11 Å². The van der Waals surface area contributed by atoms with Crippen molar-refractivity contribution in [2.75, 3.05) is 0 Å². The number of fused-ring (bicyclic) bond motifs is 1. The van der Waals surface area contributed by atoms with Crippen LogP contribution < -0.4 is 0 Å². The average Bonchev–Trinajstić information content (AvgIpc) is 2.94. The molecule has 0 radical (unpaired) electrons. The van der Waals surface area contributed by atoms with E-state index in [1.54, 1.807) is 17.1 Å². The number of carbonyl (C=O) groups is 1. The third kappa shape index (κ3) is 1.83. The maximum Gasteiger partial charge on any atom is 0.325 e. The summed E-state index contributed by atoms with van der Waals surface area (Å²) >= 11 is 0. The highest BCUT2D eigenvalue weighted by atomic mass is 16.4. The first-order chi connectivity index (χ1) is 9.58. The molecule has 3 rings (SSSR count). The number of carboxylic acids is 1. The summed E-state index contributed by atoms with van der Waals surface area (Å²) in [6.45, 7) is 1.65. The lowest BCUT2D eigenvalue weighted by atomic mass is 10.1. The van der Waals surface area contributed by atoms with Gasteiger partial charge in [0.15, 0.2) is 5.65 Å². The molecule has 0 amide bonds. The van der Waals surface area contributed by atoms with E-state index < -0.39 is 5.97 Å². The zero-order valence-electron chi connectivity index (χ0n) is 11.1. The summed E-state index contributed by atoms with van der Waals surface area (Å²) < 4.78 is 3.18. The lowest BCUT2D eigenvalue weighted by Gasteiger charge is -2.04. The second-order valence-electron chi connectivity index (χ2n) is 4.53. The van der Waals surface area contributed by atoms with E-state index in [0.717, 1.165) is 22.3 Å². The van der Waals surface area contributed by atoms with E-state index in [9.17, 15) is 4.79 Å². The molecule has 0 aliphatic carbocycles. The number of hydrogen-bond donors (Lipinski definition) is 1. The van der Waals surface area contributed by atoms with Crippen molar-refractivity contribution in [3.63, 3.8) is 0 Å². The summed E-state index contributed by atoms with van der Waals surface area (Å²) in [5.74, 6) is -0.942. The molecule has 0 fully saturated rings. The predicted molar refractivity (Wildman–Crippen MR) is 72.1 cm³/mol. The highest BCUT2D eigenvalue weighted by molar-refractivity contribution is 5.94. The van der Waals surface area contributed by atoms with Gasteiger partial charge in [-0.05, 0) is 19.1 Å². The second kappa shape index (κ2) is 4.44. The van der Waals surface area contributed by atoms with Gasteiger partial charge < -0.3 is 5.11 Å². The minimum Gasteiger partial charge on any atom is -0.480 e. The first-order valence-corrected chi connectivity index (χ1v) is 6.10. The van der Waals surface area contributed by atoms with Gasteiger partial charge >= 0.3 is 5.97 Å². The highest BCUT2D eigenvalue weighted by Gasteiger charge is 2.16. The van der Waals surface area contributed by atoms with Gasteiger partial charge in [0.25, 0.3) is 0 Å². The molecule has 0 unspecified atom stereocenters. The van der Waals surface area contributed by atoms with Crippen LogP contribution >= 0.6 is 0 Å². The summed E-state index contributed by atoms with van der Waals surface area (Å²) in [5, 5.41) is 18.2. The van der Waals surface area contributed by atoms with Crippen LogP contribution in [0, 0.1) is 6.92 Å². The monoisotopic (exact) mass is 271 g/mol. The molecule has 20 heavy (non-hydrogen) atoms. The molecule has 0 atom stereocenters. The van der Waals surface area contributed by atoms with Crippen molar-refractivity contribution in [2.24, 2.45) is 7.05 Å². The number of carboxylic acid groups (broad SMARTS) is 1. The normalized spacial score (nSPS) is 11.1. The molecule has 0 aromatic carbocycles. The topological polar surface area (TPSA) is 85.8 Å². The minimum atomic E-state index is -0.942. The molecule has 7 nitrogen and oxygen atoms in total. The Hall–Kier alpha value is -2.70. The molecular weight excluding hydrogens is 258 g/mol. The van der Waals surface area contributed by atoms with Crippen molar-refractivity contribution < 1.29 is 9.90 Å². The quantitative estimate of drug-likeness (QED) is 0.774. The van der Waals surface area contributed by atoms with Gasteiger partial charge in [0.05, 0.1) is 16.8 Å². The minimum absolute atomic E-state index is 0.202. The van der Waals surface area contributed by atoms with Crippen molar-refractivity contribution in [2.45, 2.75) is 13.5 Å². The van der Waals surface area contributed by atoms with E-state index in [1.165, 1.54) is 4.68 Å². The molecule has 3 heterocycles. The van der Waals surface area contributed by atoms with Gasteiger partial charge in [0.1, 0.15) is 6.54 Å². The van der Waals surface area contributed by atoms with Gasteiger partial charge in [-0.2, -0.15) is 10.2 Å². The number of aryl methyl sites for hydroxylation is 2. The first kappa shape index (κ1) is 12.3. The van der Waals surface area contributed by atoms with Crippen LogP contribution in [0.1, 0.15) is 5.69 Å². The fraction of sp³-hybridized carbons (Fsp3) is 0.231. The predicted octanol–water partition coefficient (Wildman–Crippen LogP) is 1.22. The number of aromatic nitrogens is 5. The summed E-state index contributed by atoms with van der Waals surface area (Å²) in [6.07, 6.45) is 3.38. The van der Waals surface area contributed by atoms with E-state index in [0.29, 0.717) is 5.65 Å². The van der Waals surface area contributed by atoms with Crippen LogP contribution in [-0.4, -0.2) is 35.6 Å². The zero-order valence-corrected chi connectivity index (χ0v) is 11.1. The summed E-state index contributed by atoms with van der Waals surface area (Å²) in [6, 6.07) is 3.79. The van der Waals surface area contributed by atoms with Crippen molar-refractivity contribution in [1.82, 2.24) is 24.5 Å². The molecule has 3 aromatic heterocycles. The van der Waals surface area contributed by atoms with Gasteiger partial charge in [-0.25, -0.2) is 9.67 Å². The number of aliphatic carboxylic acids is 1. The van der Waals surface area contributed by atoms with Gasteiger partial charge in [0, 0.05) is 25.0 Å². The number of nitrogens with zero attached hydrogens (tertiary/aromatic N) is 5. The van der Waals surface area contributed by atoms with Crippen molar-refractivity contribution in [3.8, 4) is 11.3 Å². The van der Waals surface area contributed by atoms with Crippen LogP contribution in [0.15, 0.2) is 24.5 Å². The lowest BCUT2D eigenvalue weighted by molar-refractivity contribution is -0.137. The average molecular weight is 271 g/mol. The van der Waals surface area contributed by atoms with Crippen molar-refractivity contribution >= 4 is 17.0 Å². The number of hydrogen-bond acceptors (Lipinski definition) is 4. The van der Waals surface area contributed by atoms with Crippen LogP contribution in [0.4, 0.5) is 0 Å². The third-order valence-corrected chi connectivity index (χ3v) is 3.19. The fourth-order valence-corrected chi connectivity index (χ4v) is 2.37. The lowest BCUT2D eigenvalue weighted by Crippen LogP contribution is -2.10. The Kier molecular flexibility index (Phi) is 2.74. The highest BCUT2D eigenvalue weighted by Crippen LogP contribution is 2.29.